The third kappa shape index (κ3) is 4.00. The second-order valence-corrected chi connectivity index (χ2v) is 8.72. The summed E-state index contributed by atoms with van der Waals surface area (Å²) < 4.78 is 25.3. The molecular formula is C20H20N8O3S. The first kappa shape index (κ1) is 21.3. The summed E-state index contributed by atoms with van der Waals surface area (Å²) in [6.45, 7) is 3.60. The molecule has 0 unspecified atom stereocenters. The van der Waals surface area contributed by atoms with Crippen LogP contribution in [0.5, 0.6) is 0 Å². The van der Waals surface area contributed by atoms with E-state index in [-0.39, 0.29) is 16.7 Å². The monoisotopic (exact) mass is 452 g/mol. The van der Waals surface area contributed by atoms with E-state index in [1.54, 1.807) is 35.9 Å². The minimum Gasteiger partial charge on any atom is -0.324 e. The summed E-state index contributed by atoms with van der Waals surface area (Å²) in [4.78, 5) is 20.1. The number of nitrogens with zero attached hydrogens (tertiary/aromatic N) is 6. The molecule has 0 saturated heterocycles. The lowest BCUT2D eigenvalue weighted by Crippen LogP contribution is -2.14. The molecule has 0 radical (unpaired) electrons. The molecule has 0 atom stereocenters. The van der Waals surface area contributed by atoms with Gasteiger partial charge < -0.3 is 5.32 Å². The number of sulfonamides is 1. The lowest BCUT2D eigenvalue weighted by Gasteiger charge is -2.15. The van der Waals surface area contributed by atoms with Crippen molar-refractivity contribution in [3.8, 4) is 0 Å². The summed E-state index contributed by atoms with van der Waals surface area (Å²) >= 11 is 0. The number of rotatable bonds is 6. The zero-order valence-electron chi connectivity index (χ0n) is 17.5. The zero-order chi connectivity index (χ0) is 23.0. The Bertz CT molecular complexity index is 1450. The Labute approximate surface area is 183 Å². The van der Waals surface area contributed by atoms with Crippen molar-refractivity contribution in [2.45, 2.75) is 18.7 Å². The van der Waals surface area contributed by atoms with Gasteiger partial charge >= 0.3 is 0 Å². The molecule has 3 N–H and O–H groups in total. The molecule has 0 aliphatic rings. The molecule has 0 bridgehead atoms. The van der Waals surface area contributed by atoms with Gasteiger partial charge in [-0.05, 0) is 49.7 Å². The van der Waals surface area contributed by atoms with Crippen LogP contribution in [-0.2, 0) is 17.1 Å². The van der Waals surface area contributed by atoms with Crippen LogP contribution >= 0.6 is 0 Å². The molecule has 32 heavy (non-hydrogen) atoms. The summed E-state index contributed by atoms with van der Waals surface area (Å²) in [5.74, 6) is 0.374. The molecule has 2 heterocycles. The SMILES string of the molecule is Cc1ccc(Nc2nccc(N(N=O)c3ccc4c(C)n(C)nc4c3)n2)cc1S(N)(=O)=O. The van der Waals surface area contributed by atoms with Gasteiger partial charge in [0.15, 0.2) is 5.82 Å². The number of nitrogens with one attached hydrogen (secondary N) is 1. The molecule has 0 spiro atoms. The number of aryl methyl sites for hydroxylation is 3. The van der Waals surface area contributed by atoms with Gasteiger partial charge in [0.25, 0.3) is 0 Å². The number of primary sulfonamides is 1. The standard InChI is InChI=1S/C20H20N8O3S/c1-12-4-5-14(10-18(12)32(21,30)31)23-20-22-9-8-19(24-20)28(26-29)15-6-7-16-13(2)27(3)25-17(16)11-15/h4-11H,1-3H3,(H2,21,30,31)(H,22,23,24). The molecule has 11 nitrogen and oxygen atoms in total. The number of anilines is 4. The molecule has 0 amide bonds. The average molecular weight is 453 g/mol. The summed E-state index contributed by atoms with van der Waals surface area (Å²) in [5, 5.41) is 17.8. The summed E-state index contributed by atoms with van der Waals surface area (Å²) in [7, 11) is -2.04. The lowest BCUT2D eigenvalue weighted by molar-refractivity contribution is 0.597. The van der Waals surface area contributed by atoms with E-state index in [9.17, 15) is 13.3 Å². The van der Waals surface area contributed by atoms with Gasteiger partial charge in [0, 0.05) is 36.1 Å². The Hall–Kier alpha value is -3.90. The summed E-state index contributed by atoms with van der Waals surface area (Å²) in [5.41, 5.74) is 3.15. The maximum absolute atomic E-state index is 11.8. The van der Waals surface area contributed by atoms with E-state index in [1.807, 2.05) is 20.0 Å². The number of benzene rings is 2. The molecule has 164 valence electrons. The normalized spacial score (nSPS) is 11.5. The van der Waals surface area contributed by atoms with Crippen LogP contribution in [0.3, 0.4) is 0 Å². The van der Waals surface area contributed by atoms with Crippen molar-refractivity contribution in [2.75, 3.05) is 10.3 Å². The quantitative estimate of drug-likeness (QED) is 0.335. The topological polar surface area (TPSA) is 148 Å². The second kappa shape index (κ2) is 7.98. The number of hydrogen-bond acceptors (Lipinski definition) is 8. The minimum absolute atomic E-state index is 0.00574. The van der Waals surface area contributed by atoms with Gasteiger partial charge in [-0.15, -0.1) is 4.91 Å². The van der Waals surface area contributed by atoms with Crippen LogP contribution in [-0.4, -0.2) is 28.2 Å². The van der Waals surface area contributed by atoms with E-state index in [0.717, 1.165) is 21.6 Å². The van der Waals surface area contributed by atoms with Crippen LogP contribution < -0.4 is 15.5 Å². The van der Waals surface area contributed by atoms with Gasteiger partial charge in [0.1, 0.15) is 0 Å². The fourth-order valence-corrected chi connectivity index (χ4v) is 4.12. The Morgan fingerprint density at radius 1 is 1.12 bits per heavy atom. The first-order chi connectivity index (χ1) is 15.2. The van der Waals surface area contributed by atoms with Crippen molar-refractivity contribution in [1.29, 1.82) is 0 Å². The average Bonchev–Trinajstić information content (AvgIpc) is 3.03. The van der Waals surface area contributed by atoms with E-state index < -0.39 is 10.0 Å². The summed E-state index contributed by atoms with van der Waals surface area (Å²) in [6.07, 6.45) is 1.46. The number of nitroso groups, excluding NO2 is 1. The Balaban J connectivity index is 1.67. The van der Waals surface area contributed by atoms with E-state index in [0.29, 0.717) is 16.9 Å². The predicted octanol–water partition coefficient (Wildman–Crippen LogP) is 3.19. The largest absolute Gasteiger partial charge is 0.324 e. The van der Waals surface area contributed by atoms with Crippen molar-refractivity contribution in [3.05, 3.63) is 64.8 Å². The maximum Gasteiger partial charge on any atom is 0.238 e. The van der Waals surface area contributed by atoms with Crippen molar-refractivity contribution in [1.82, 2.24) is 19.7 Å². The number of nitrogens with two attached hydrogens (primary N) is 1. The highest BCUT2D eigenvalue weighted by Gasteiger charge is 2.16. The van der Waals surface area contributed by atoms with Gasteiger partial charge in [-0.25, -0.2) is 18.5 Å². The Kier molecular flexibility index (Phi) is 5.32. The van der Waals surface area contributed by atoms with Gasteiger partial charge in [-0.1, -0.05) is 6.07 Å². The Morgan fingerprint density at radius 3 is 2.62 bits per heavy atom. The third-order valence-electron chi connectivity index (χ3n) is 5.05. The molecule has 0 fully saturated rings. The number of fused-ring (bicyclic) bond motifs is 1. The lowest BCUT2D eigenvalue weighted by atomic mass is 10.2. The number of hydrogen-bond donors (Lipinski definition) is 2. The van der Waals surface area contributed by atoms with E-state index in [4.69, 9.17) is 5.14 Å². The predicted molar refractivity (Wildman–Crippen MR) is 121 cm³/mol. The van der Waals surface area contributed by atoms with E-state index >= 15 is 0 Å². The first-order valence-electron chi connectivity index (χ1n) is 9.47. The van der Waals surface area contributed by atoms with Crippen LogP contribution in [0.4, 0.5) is 23.1 Å². The van der Waals surface area contributed by atoms with Crippen LogP contribution in [0.15, 0.2) is 58.8 Å². The van der Waals surface area contributed by atoms with E-state index in [1.165, 1.54) is 18.3 Å². The molecule has 0 aliphatic heterocycles. The minimum atomic E-state index is -3.88. The molecule has 0 aliphatic carbocycles. The van der Waals surface area contributed by atoms with Crippen molar-refractivity contribution < 1.29 is 8.42 Å². The molecule has 0 saturated carbocycles. The van der Waals surface area contributed by atoms with Gasteiger partial charge in [0.05, 0.1) is 21.4 Å². The summed E-state index contributed by atoms with van der Waals surface area (Å²) in [6, 6.07) is 11.6. The van der Waals surface area contributed by atoms with Crippen LogP contribution in [0, 0.1) is 18.8 Å². The zero-order valence-corrected chi connectivity index (χ0v) is 18.3. The third-order valence-corrected chi connectivity index (χ3v) is 6.10. The van der Waals surface area contributed by atoms with Crippen LogP contribution in [0.1, 0.15) is 11.3 Å². The molecule has 4 aromatic rings. The highest BCUT2D eigenvalue weighted by Crippen LogP contribution is 2.29. The highest BCUT2D eigenvalue weighted by atomic mass is 32.2. The highest BCUT2D eigenvalue weighted by molar-refractivity contribution is 7.89. The fourth-order valence-electron chi connectivity index (χ4n) is 3.31. The van der Waals surface area contributed by atoms with Gasteiger partial charge in [-0.3, -0.25) is 4.68 Å². The maximum atomic E-state index is 11.8. The fraction of sp³-hybridized carbons (Fsp3) is 0.150. The van der Waals surface area contributed by atoms with Gasteiger partial charge in [0.2, 0.25) is 16.0 Å². The molecule has 2 aromatic heterocycles. The van der Waals surface area contributed by atoms with Crippen LogP contribution in [0.2, 0.25) is 0 Å². The molecular weight excluding hydrogens is 432 g/mol. The second-order valence-electron chi connectivity index (χ2n) is 7.19. The van der Waals surface area contributed by atoms with E-state index in [2.05, 4.69) is 25.7 Å². The smallest absolute Gasteiger partial charge is 0.238 e. The van der Waals surface area contributed by atoms with Crippen molar-refractivity contribution in [3.63, 3.8) is 0 Å². The van der Waals surface area contributed by atoms with Crippen molar-refractivity contribution in [2.24, 2.45) is 17.5 Å². The van der Waals surface area contributed by atoms with Gasteiger partial charge in [-0.2, -0.15) is 15.1 Å². The molecule has 2 aromatic carbocycles. The number of aromatic nitrogens is 4. The molecule has 4 rings (SSSR count). The molecule has 12 heteroatoms. The Morgan fingerprint density at radius 2 is 1.91 bits per heavy atom. The van der Waals surface area contributed by atoms with Crippen molar-refractivity contribution >= 4 is 44.1 Å². The first-order valence-corrected chi connectivity index (χ1v) is 11.0. The van der Waals surface area contributed by atoms with Crippen LogP contribution in [0.25, 0.3) is 10.9 Å².